The molecule has 0 aromatic heterocycles. The molecule has 0 spiro atoms. The third-order valence-electron chi connectivity index (χ3n) is 3.52. The number of piperazine rings is 1. The predicted octanol–water partition coefficient (Wildman–Crippen LogP) is 0.952. The lowest BCUT2D eigenvalue weighted by Crippen LogP contribution is -2.55. The molecule has 0 aliphatic carbocycles. The Hall–Kier alpha value is -0.260. The molecule has 0 saturated carbocycles. The number of nitrogens with zero attached hydrogens (tertiary/aromatic N) is 1. The van der Waals surface area contributed by atoms with E-state index in [0.29, 0.717) is 12.5 Å². The van der Waals surface area contributed by atoms with Crippen LogP contribution in [0.4, 0.5) is 8.78 Å². The summed E-state index contributed by atoms with van der Waals surface area (Å²) in [5.74, 6) is 0.535. The highest BCUT2D eigenvalue weighted by Gasteiger charge is 2.31. The molecule has 1 N–H and O–H groups in total. The number of ether oxygens (including phenoxy) is 1. The quantitative estimate of drug-likeness (QED) is 0.787. The lowest BCUT2D eigenvalue weighted by molar-refractivity contribution is -0.00981. The van der Waals surface area contributed by atoms with Crippen LogP contribution >= 0.6 is 0 Å². The van der Waals surface area contributed by atoms with Gasteiger partial charge in [-0.25, -0.2) is 8.78 Å². The van der Waals surface area contributed by atoms with Gasteiger partial charge in [-0.1, -0.05) is 0 Å². The largest absolute Gasteiger partial charge is 0.381 e. The van der Waals surface area contributed by atoms with Crippen molar-refractivity contribution in [3.63, 3.8) is 0 Å². The van der Waals surface area contributed by atoms with Crippen LogP contribution in [0.2, 0.25) is 0 Å². The molecule has 1 atom stereocenters. The van der Waals surface area contributed by atoms with Crippen molar-refractivity contribution in [2.24, 2.45) is 5.92 Å². The monoisotopic (exact) mass is 234 g/mol. The number of hydrogen-bond donors (Lipinski definition) is 1. The van der Waals surface area contributed by atoms with E-state index in [9.17, 15) is 8.78 Å². The molecule has 3 nitrogen and oxygen atoms in total. The average molecular weight is 234 g/mol. The zero-order valence-corrected chi connectivity index (χ0v) is 9.50. The Labute approximate surface area is 95.1 Å². The van der Waals surface area contributed by atoms with E-state index in [-0.39, 0.29) is 0 Å². The second-order valence-electron chi connectivity index (χ2n) is 4.66. The standard InChI is InChI=1S/C11H20F2N2O/c12-11(13)10-7-14-3-4-15(10)8-9-1-5-16-6-2-9/h9-11,14H,1-8H2. The first-order chi connectivity index (χ1) is 7.77. The van der Waals surface area contributed by atoms with Gasteiger partial charge in [-0.15, -0.1) is 0 Å². The normalized spacial score (nSPS) is 29.8. The van der Waals surface area contributed by atoms with Gasteiger partial charge >= 0.3 is 0 Å². The highest BCUT2D eigenvalue weighted by atomic mass is 19.3. The molecule has 0 aromatic rings. The Kier molecular flexibility index (Phi) is 4.49. The summed E-state index contributed by atoms with van der Waals surface area (Å²) in [6, 6.07) is -0.600. The van der Waals surface area contributed by atoms with Crippen LogP contribution in [-0.4, -0.2) is 56.8 Å². The fraction of sp³-hybridized carbons (Fsp3) is 1.00. The summed E-state index contributed by atoms with van der Waals surface area (Å²) in [6.07, 6.45) is -0.215. The molecule has 2 saturated heterocycles. The maximum atomic E-state index is 12.8. The van der Waals surface area contributed by atoms with Gasteiger partial charge in [0.05, 0.1) is 6.04 Å². The van der Waals surface area contributed by atoms with Gasteiger partial charge in [0.2, 0.25) is 0 Å². The van der Waals surface area contributed by atoms with Crippen LogP contribution in [0.15, 0.2) is 0 Å². The van der Waals surface area contributed by atoms with Gasteiger partial charge in [0.25, 0.3) is 6.43 Å². The molecule has 0 radical (unpaired) electrons. The molecule has 2 fully saturated rings. The molecule has 0 aromatic carbocycles. The smallest absolute Gasteiger partial charge is 0.255 e. The molecular formula is C11H20F2N2O. The van der Waals surface area contributed by atoms with Crippen molar-refractivity contribution < 1.29 is 13.5 Å². The van der Waals surface area contributed by atoms with Crippen molar-refractivity contribution in [3.05, 3.63) is 0 Å². The van der Waals surface area contributed by atoms with E-state index in [1.54, 1.807) is 0 Å². The molecule has 1 unspecified atom stereocenters. The SMILES string of the molecule is FC(F)C1CNCCN1CC1CCOCC1. The Morgan fingerprint density at radius 2 is 2.06 bits per heavy atom. The first kappa shape index (κ1) is 12.2. The van der Waals surface area contributed by atoms with Gasteiger partial charge in [0.15, 0.2) is 0 Å². The third kappa shape index (κ3) is 3.12. The molecule has 0 amide bonds. The molecule has 16 heavy (non-hydrogen) atoms. The number of rotatable bonds is 3. The van der Waals surface area contributed by atoms with Gasteiger partial charge in [-0.3, -0.25) is 4.90 Å². The second kappa shape index (κ2) is 5.89. The minimum absolute atomic E-state index is 0.418. The summed E-state index contributed by atoms with van der Waals surface area (Å²) < 4.78 is 30.9. The van der Waals surface area contributed by atoms with Gasteiger partial charge in [-0.05, 0) is 18.8 Å². The van der Waals surface area contributed by atoms with Crippen molar-refractivity contribution in [1.82, 2.24) is 10.2 Å². The third-order valence-corrected chi connectivity index (χ3v) is 3.52. The van der Waals surface area contributed by atoms with Crippen LogP contribution < -0.4 is 5.32 Å². The van der Waals surface area contributed by atoms with Crippen LogP contribution in [0.3, 0.4) is 0 Å². The van der Waals surface area contributed by atoms with Gasteiger partial charge < -0.3 is 10.1 Å². The van der Waals surface area contributed by atoms with Gasteiger partial charge in [0.1, 0.15) is 0 Å². The molecule has 2 heterocycles. The van der Waals surface area contributed by atoms with Crippen LogP contribution in [0.1, 0.15) is 12.8 Å². The fourth-order valence-corrected chi connectivity index (χ4v) is 2.50. The molecule has 0 bridgehead atoms. The van der Waals surface area contributed by atoms with Gasteiger partial charge in [-0.2, -0.15) is 0 Å². The highest BCUT2D eigenvalue weighted by Crippen LogP contribution is 2.20. The molecule has 2 aliphatic rings. The number of hydrogen-bond acceptors (Lipinski definition) is 3. The van der Waals surface area contributed by atoms with Crippen molar-refractivity contribution in [1.29, 1.82) is 0 Å². The van der Waals surface area contributed by atoms with E-state index in [2.05, 4.69) is 5.32 Å². The van der Waals surface area contributed by atoms with E-state index in [4.69, 9.17) is 4.74 Å². The van der Waals surface area contributed by atoms with Crippen molar-refractivity contribution in [3.8, 4) is 0 Å². The summed E-state index contributed by atoms with van der Waals surface area (Å²) in [4.78, 5) is 1.96. The fourth-order valence-electron chi connectivity index (χ4n) is 2.50. The second-order valence-corrected chi connectivity index (χ2v) is 4.66. The molecule has 94 valence electrons. The van der Waals surface area contributed by atoms with Crippen LogP contribution in [-0.2, 0) is 4.74 Å². The molecular weight excluding hydrogens is 214 g/mol. The van der Waals surface area contributed by atoms with Crippen molar-refractivity contribution >= 4 is 0 Å². The van der Waals surface area contributed by atoms with E-state index >= 15 is 0 Å². The van der Waals surface area contributed by atoms with Crippen LogP contribution in [0.5, 0.6) is 0 Å². The zero-order valence-electron chi connectivity index (χ0n) is 9.50. The summed E-state index contributed by atoms with van der Waals surface area (Å²) in [5.41, 5.74) is 0. The zero-order chi connectivity index (χ0) is 11.4. The highest BCUT2D eigenvalue weighted by molar-refractivity contribution is 4.83. The average Bonchev–Trinajstić information content (AvgIpc) is 2.31. The summed E-state index contributed by atoms with van der Waals surface area (Å²) in [7, 11) is 0. The Morgan fingerprint density at radius 3 is 2.75 bits per heavy atom. The number of nitrogens with one attached hydrogen (secondary N) is 1. The summed E-state index contributed by atoms with van der Waals surface area (Å²) >= 11 is 0. The van der Waals surface area contributed by atoms with E-state index in [0.717, 1.165) is 45.7 Å². The minimum atomic E-state index is -2.24. The van der Waals surface area contributed by atoms with Gasteiger partial charge in [0, 0.05) is 39.4 Å². The first-order valence-corrected chi connectivity index (χ1v) is 6.08. The van der Waals surface area contributed by atoms with Crippen LogP contribution in [0.25, 0.3) is 0 Å². The van der Waals surface area contributed by atoms with Crippen molar-refractivity contribution in [2.75, 3.05) is 39.4 Å². The van der Waals surface area contributed by atoms with E-state index < -0.39 is 12.5 Å². The number of halogens is 2. The maximum absolute atomic E-state index is 12.8. The van der Waals surface area contributed by atoms with Crippen molar-refractivity contribution in [2.45, 2.75) is 25.3 Å². The Bertz CT molecular complexity index is 210. The predicted molar refractivity (Wildman–Crippen MR) is 57.8 cm³/mol. The molecule has 2 aliphatic heterocycles. The first-order valence-electron chi connectivity index (χ1n) is 6.08. The lowest BCUT2D eigenvalue weighted by Gasteiger charge is -2.38. The maximum Gasteiger partial charge on any atom is 0.255 e. The topological polar surface area (TPSA) is 24.5 Å². The minimum Gasteiger partial charge on any atom is -0.381 e. The Balaban J connectivity index is 1.85. The summed E-state index contributed by atoms with van der Waals surface area (Å²) in [6.45, 7) is 4.37. The summed E-state index contributed by atoms with van der Waals surface area (Å²) in [5, 5.41) is 3.04. The molecule has 2 rings (SSSR count). The molecule has 5 heteroatoms. The lowest BCUT2D eigenvalue weighted by atomic mass is 9.98. The van der Waals surface area contributed by atoms with Crippen LogP contribution in [0, 0.1) is 5.92 Å². The van der Waals surface area contributed by atoms with E-state index in [1.807, 2.05) is 4.90 Å². The van der Waals surface area contributed by atoms with E-state index in [1.165, 1.54) is 0 Å². The number of alkyl halides is 2. The Morgan fingerprint density at radius 1 is 1.31 bits per heavy atom.